The molecule has 10 rings (SSSR count). The second kappa shape index (κ2) is 37.4. The number of hydrogen-bond acceptors (Lipinski definition) is 19. The van der Waals surface area contributed by atoms with Crippen LogP contribution in [0.1, 0.15) is 106 Å². The van der Waals surface area contributed by atoms with Gasteiger partial charge < -0.3 is 28.1 Å². The van der Waals surface area contributed by atoms with Crippen molar-refractivity contribution in [2.75, 3.05) is 26.4 Å². The van der Waals surface area contributed by atoms with Crippen LogP contribution in [0, 0.1) is 23.7 Å². The van der Waals surface area contributed by atoms with Crippen LogP contribution < -0.4 is 20.7 Å². The molecule has 0 aliphatic carbocycles. The monoisotopic (exact) mass is 1510 g/mol. The van der Waals surface area contributed by atoms with Gasteiger partial charge >= 0.3 is 314 Å². The number of ether oxygens (including phenoxy) is 11. The van der Waals surface area contributed by atoms with Crippen molar-refractivity contribution >= 4 is 77.7 Å². The van der Waals surface area contributed by atoms with Crippen molar-refractivity contribution in [1.82, 2.24) is 0 Å². The Hall–Kier alpha value is -7.26. The molecule has 6 aromatic carbocycles. The standard InChI is InChI=1S/C79H100B2N6O17PSi2/c1-49-53(5)97-64(46-93-55(7)89)72(70(49)94-44-56-32-20-14-21-33-56)104-75-66(84-86-82)51(3)68(65(99-75)48-96-107(79(11,12)13,60-40-28-18-29-41-60)61-42-30-19-31-43-61)103-77-71(101-74(90)57-34-22-15-23-35-57)52(4)69(63(100-77)45-92-54(6)88)102-76-67(85-87-83)73(105-81-80-91)50(2)62(98-76)47-95-106(78(8,9)10,58-36-24-16-25-37-58)59-38-26-17-27-39-59/h14-43,49-53,62-73,75-77,105H,44-48H2,1-13H3/t49?,50-,51-,52+,53+,62?,63?,64?,65?,66?,67?,68+,69+,70+,71?,72-,73+,75+,76-,77+/m1/s1. The summed E-state index contributed by atoms with van der Waals surface area (Å²) in [5.41, 5.74) is 21.8. The van der Waals surface area contributed by atoms with Gasteiger partial charge in [-0.25, -0.2) is 0 Å². The Balaban J connectivity index is 1.07. The number of esters is 3. The number of azide groups is 2. The predicted molar refractivity (Wildman–Crippen MR) is 413 cm³/mol. The number of rotatable bonds is 30. The van der Waals surface area contributed by atoms with E-state index in [1.165, 1.54) is 20.7 Å². The molecule has 9 unspecified atom stereocenters. The Morgan fingerprint density at radius 3 is 1.36 bits per heavy atom. The fraction of sp³-hybridized carbons (Fsp3) is 0.506. The average Bonchev–Trinajstić information content (AvgIpc) is 0.747. The summed E-state index contributed by atoms with van der Waals surface area (Å²) in [6.45, 7) is 26.0. The first kappa shape index (κ1) is 82.2. The Morgan fingerprint density at radius 1 is 0.477 bits per heavy atom. The summed E-state index contributed by atoms with van der Waals surface area (Å²) in [5.74, 6) is -4.45. The zero-order chi connectivity index (χ0) is 76.6. The second-order valence-corrected chi connectivity index (χ2v) is 40.1. The van der Waals surface area contributed by atoms with E-state index >= 15 is 0 Å². The first-order valence-corrected chi connectivity index (χ1v) is 41.7. The average molecular weight is 1510 g/mol. The van der Waals surface area contributed by atoms with E-state index in [1.807, 2.05) is 131 Å². The van der Waals surface area contributed by atoms with Crippen molar-refractivity contribution in [2.45, 2.75) is 204 Å². The minimum atomic E-state index is -3.45. The molecule has 0 bridgehead atoms. The van der Waals surface area contributed by atoms with Gasteiger partial charge in [0.05, 0.1) is 31.5 Å². The van der Waals surface area contributed by atoms with E-state index < -0.39 is 161 Å². The van der Waals surface area contributed by atoms with Crippen molar-refractivity contribution in [1.29, 1.82) is 0 Å². The number of hydrogen-bond donors (Lipinski definition) is 0. The van der Waals surface area contributed by atoms with Crippen molar-refractivity contribution in [2.24, 2.45) is 33.9 Å². The molecule has 4 aliphatic heterocycles. The van der Waals surface area contributed by atoms with Crippen molar-refractivity contribution in [3.63, 3.8) is 0 Å². The van der Waals surface area contributed by atoms with Crippen LogP contribution in [-0.4, -0.2) is 173 Å². The molecule has 0 saturated carbocycles. The van der Waals surface area contributed by atoms with Gasteiger partial charge in [0.15, 0.2) is 6.29 Å². The molecule has 0 N–H and O–H groups in total. The molecule has 4 fully saturated rings. The predicted octanol–water partition coefficient (Wildman–Crippen LogP) is 11.7. The Morgan fingerprint density at radius 2 is 0.879 bits per heavy atom. The maximum absolute atomic E-state index is 14.9. The zero-order valence-corrected chi connectivity index (χ0v) is 66.2. The van der Waals surface area contributed by atoms with E-state index in [0.29, 0.717) is 0 Å². The topological polar surface area (TPSA) is 286 Å². The van der Waals surface area contributed by atoms with Crippen LogP contribution >= 0.6 is 8.46 Å². The van der Waals surface area contributed by atoms with E-state index in [2.05, 4.69) is 110 Å². The first-order chi connectivity index (χ1) is 51.3. The third-order valence-corrected chi connectivity index (χ3v) is 32.8. The van der Waals surface area contributed by atoms with E-state index in [1.54, 1.807) is 37.3 Å². The van der Waals surface area contributed by atoms with E-state index in [0.717, 1.165) is 33.4 Å². The summed E-state index contributed by atoms with van der Waals surface area (Å²) in [4.78, 5) is 47.5. The van der Waals surface area contributed by atoms with Gasteiger partial charge in [-0.15, -0.1) is 0 Å². The fourth-order valence-corrected chi connectivity index (χ4v) is 26.0. The van der Waals surface area contributed by atoms with Gasteiger partial charge in [-0.3, -0.25) is 4.79 Å². The van der Waals surface area contributed by atoms with Gasteiger partial charge in [-0.2, -0.15) is 0 Å². The molecule has 21 atom stereocenters. The van der Waals surface area contributed by atoms with Crippen LogP contribution in [-0.2, 0) is 81.9 Å². The molecule has 0 spiro atoms. The number of nitrogens with zero attached hydrogens (tertiary/aromatic N) is 6. The molecule has 4 heterocycles. The molecule has 107 heavy (non-hydrogen) atoms. The van der Waals surface area contributed by atoms with Gasteiger partial charge in [0.1, 0.15) is 24.9 Å². The fourth-order valence-electron chi connectivity index (χ4n) is 15.6. The number of benzene rings is 6. The van der Waals surface area contributed by atoms with Crippen LogP contribution in [0.15, 0.2) is 192 Å². The summed E-state index contributed by atoms with van der Waals surface area (Å²) in [6.07, 6.45) is -14.2. The van der Waals surface area contributed by atoms with E-state index in [-0.39, 0.29) is 52.3 Å². The van der Waals surface area contributed by atoms with Gasteiger partial charge in [-0.1, -0.05) is 149 Å². The van der Waals surface area contributed by atoms with Crippen LogP contribution in [0.4, 0.5) is 0 Å². The summed E-state index contributed by atoms with van der Waals surface area (Å²) >= 11 is 0. The van der Waals surface area contributed by atoms with Crippen LogP contribution in [0.3, 0.4) is 0 Å². The third-order valence-electron chi connectivity index (χ3n) is 21.2. The Labute approximate surface area is 633 Å². The molecule has 23 nitrogen and oxygen atoms in total. The van der Waals surface area contributed by atoms with Gasteiger partial charge in [-0.05, 0) is 51.5 Å². The molecule has 1 radical (unpaired) electrons. The second-order valence-electron chi connectivity index (χ2n) is 30.2. The summed E-state index contributed by atoms with van der Waals surface area (Å²) in [7, 11) is -6.11. The van der Waals surface area contributed by atoms with Crippen LogP contribution in [0.5, 0.6) is 0 Å². The van der Waals surface area contributed by atoms with E-state index in [4.69, 9.17) is 61.0 Å². The van der Waals surface area contributed by atoms with Gasteiger partial charge in [0.25, 0.3) is 8.32 Å². The third kappa shape index (κ3) is 19.1. The molecule has 28 heteroatoms. The quantitative estimate of drug-likeness (QED) is 0.00770. The SMILES string of the molecule is CC(=O)OCC1O[C@@H](O[C@@H]2C(CO[Si](c3ccccc3)(c3ccccc3)C(C)(C)C)O[C@@H](O[C@@H]3C(COC(C)=O)O[C@@H](C)C(C)[C@@H]3OCc3ccccc3)C(N=[N+]=[N-])[C@H]2C)C(OC(=O)c2ccccc2)[C@@H](C)[C@@H]1O[C@H]1OC(CO[Si](c2ccccc2)(c2ccccc2)C(C)(C)C)[C@@H](C)[C@H](P[B]B=O)C1N=[N+]=[N-]. The first-order valence-electron chi connectivity index (χ1n) is 36.7. The molecule has 0 amide bonds. The number of carbonyl (C=O) groups is 3. The molecule has 4 saturated heterocycles. The summed E-state index contributed by atoms with van der Waals surface area (Å²) < 4.78 is 103. The van der Waals surface area contributed by atoms with Crippen LogP contribution in [0.2, 0.25) is 10.1 Å². The molecule has 6 aromatic rings. The summed E-state index contributed by atoms with van der Waals surface area (Å²) in [6, 6.07) is 56.4. The summed E-state index contributed by atoms with van der Waals surface area (Å²) in [5, 5.41) is 11.9. The molecular weight excluding hydrogens is 1410 g/mol. The minimum absolute atomic E-state index is 0.0513. The molecule has 4 aliphatic rings. The number of carbonyl (C=O) groups excluding carboxylic acids is 3. The molecule has 0 aromatic heterocycles. The maximum atomic E-state index is 14.9. The van der Waals surface area contributed by atoms with Crippen molar-refractivity contribution in [3.05, 3.63) is 214 Å². The van der Waals surface area contributed by atoms with E-state index in [9.17, 15) is 30.2 Å². The van der Waals surface area contributed by atoms with Crippen molar-refractivity contribution in [3.8, 4) is 0 Å². The normalized spacial score (nSPS) is 29.1. The van der Waals surface area contributed by atoms with Gasteiger partial charge in [0.2, 0.25) is 0 Å². The molecule has 567 valence electrons. The Bertz CT molecular complexity index is 3880. The Kier molecular flexibility index (Phi) is 28.8. The molecular formula is C79H100B2N6O17PSi2. The zero-order valence-electron chi connectivity index (χ0n) is 63.2. The van der Waals surface area contributed by atoms with Crippen molar-refractivity contribution < 1.29 is 80.0 Å². The van der Waals surface area contributed by atoms with Gasteiger partial charge in [0, 0.05) is 17.8 Å². The van der Waals surface area contributed by atoms with Crippen LogP contribution in [0.25, 0.3) is 20.9 Å².